The van der Waals surface area contributed by atoms with Gasteiger partial charge < -0.3 is 13.7 Å². The molecule has 0 atom stereocenters. The van der Waals surface area contributed by atoms with Gasteiger partial charge >= 0.3 is 5.97 Å². The lowest BCUT2D eigenvalue weighted by Crippen LogP contribution is -2.10. The molecule has 0 amide bonds. The topological polar surface area (TPSA) is 82.5 Å². The standard InChI is InChI=1S/C20H12ClNO5/c21-13-6-7-17-15(8-13)16(23)10-19(26-17)20(24)25-11-14-9-18(27-22-14)12-4-2-1-3-5-12/h1-10H,11H2. The van der Waals surface area contributed by atoms with Crippen molar-refractivity contribution in [3.63, 3.8) is 0 Å². The second-order valence-electron chi connectivity index (χ2n) is 5.74. The SMILES string of the molecule is O=C(OCc1cc(-c2ccccc2)on1)c1cc(=O)c2cc(Cl)ccc2o1. The third kappa shape index (κ3) is 3.61. The van der Waals surface area contributed by atoms with E-state index in [0.717, 1.165) is 11.6 Å². The van der Waals surface area contributed by atoms with Crippen LogP contribution in [0.4, 0.5) is 0 Å². The average molecular weight is 382 g/mol. The first-order valence-corrected chi connectivity index (χ1v) is 8.39. The summed E-state index contributed by atoms with van der Waals surface area (Å²) in [4.78, 5) is 24.4. The zero-order valence-electron chi connectivity index (χ0n) is 13.8. The van der Waals surface area contributed by atoms with Crippen LogP contribution in [0, 0.1) is 0 Å². The number of hydrogen-bond acceptors (Lipinski definition) is 6. The van der Waals surface area contributed by atoms with Gasteiger partial charge in [-0.3, -0.25) is 4.79 Å². The van der Waals surface area contributed by atoms with Crippen molar-refractivity contribution in [2.75, 3.05) is 0 Å². The minimum atomic E-state index is -0.770. The Hall–Kier alpha value is -3.38. The minimum absolute atomic E-state index is 0.114. The lowest BCUT2D eigenvalue weighted by atomic mass is 10.2. The van der Waals surface area contributed by atoms with E-state index < -0.39 is 5.97 Å². The van der Waals surface area contributed by atoms with Gasteiger partial charge in [-0.05, 0) is 18.2 Å². The molecule has 0 aliphatic heterocycles. The predicted octanol–water partition coefficient (Wildman–Crippen LogP) is 4.46. The van der Waals surface area contributed by atoms with Gasteiger partial charge in [-0.15, -0.1) is 0 Å². The summed E-state index contributed by atoms with van der Waals surface area (Å²) in [6.45, 7) is -0.114. The van der Waals surface area contributed by atoms with Crippen molar-refractivity contribution in [2.24, 2.45) is 0 Å². The van der Waals surface area contributed by atoms with E-state index in [4.69, 9.17) is 25.3 Å². The molecule has 2 heterocycles. The van der Waals surface area contributed by atoms with Crippen LogP contribution >= 0.6 is 11.6 Å². The van der Waals surface area contributed by atoms with Crippen LogP contribution in [0.1, 0.15) is 16.2 Å². The van der Waals surface area contributed by atoms with E-state index in [0.29, 0.717) is 21.9 Å². The fourth-order valence-corrected chi connectivity index (χ4v) is 2.73. The van der Waals surface area contributed by atoms with Crippen LogP contribution in [0.5, 0.6) is 0 Å². The van der Waals surface area contributed by atoms with Gasteiger partial charge in [-0.25, -0.2) is 4.79 Å². The van der Waals surface area contributed by atoms with E-state index in [1.54, 1.807) is 12.1 Å². The molecule has 0 unspecified atom stereocenters. The summed E-state index contributed by atoms with van der Waals surface area (Å²) in [7, 11) is 0. The predicted molar refractivity (Wildman–Crippen MR) is 98.6 cm³/mol. The van der Waals surface area contributed by atoms with Crippen LogP contribution in [0.2, 0.25) is 5.02 Å². The molecule has 0 aliphatic carbocycles. The van der Waals surface area contributed by atoms with Crippen LogP contribution < -0.4 is 5.43 Å². The first-order valence-electron chi connectivity index (χ1n) is 8.02. The summed E-state index contributed by atoms with van der Waals surface area (Å²) >= 11 is 5.87. The maximum Gasteiger partial charge on any atom is 0.374 e. The number of carbonyl (C=O) groups is 1. The summed E-state index contributed by atoms with van der Waals surface area (Å²) < 4.78 is 15.9. The Bertz CT molecular complexity index is 1180. The molecular weight excluding hydrogens is 370 g/mol. The number of nitrogens with zero attached hydrogens (tertiary/aromatic N) is 1. The Morgan fingerprint density at radius 2 is 1.89 bits per heavy atom. The Labute approximate surface area is 157 Å². The van der Waals surface area contributed by atoms with Crippen molar-refractivity contribution in [2.45, 2.75) is 6.61 Å². The zero-order chi connectivity index (χ0) is 18.8. The van der Waals surface area contributed by atoms with Crippen LogP contribution in [0.15, 0.2) is 74.4 Å². The quantitative estimate of drug-likeness (QED) is 0.485. The number of ether oxygens (including phenoxy) is 1. The highest BCUT2D eigenvalue weighted by molar-refractivity contribution is 6.31. The van der Waals surface area contributed by atoms with Gasteiger partial charge in [0.05, 0.1) is 5.39 Å². The van der Waals surface area contributed by atoms with Crippen molar-refractivity contribution in [1.82, 2.24) is 5.16 Å². The Balaban J connectivity index is 1.50. The number of benzene rings is 2. The van der Waals surface area contributed by atoms with Crippen LogP contribution in [0.25, 0.3) is 22.3 Å². The van der Waals surface area contributed by atoms with Crippen molar-refractivity contribution >= 4 is 28.5 Å². The van der Waals surface area contributed by atoms with Gasteiger partial charge in [0.25, 0.3) is 0 Å². The first kappa shape index (κ1) is 17.1. The summed E-state index contributed by atoms with van der Waals surface area (Å²) in [5, 5.41) is 4.58. The molecule has 2 aromatic carbocycles. The molecule has 4 aromatic rings. The maximum atomic E-state index is 12.2. The highest BCUT2D eigenvalue weighted by Gasteiger charge is 2.15. The van der Waals surface area contributed by atoms with Crippen molar-refractivity contribution in [1.29, 1.82) is 0 Å². The van der Waals surface area contributed by atoms with E-state index >= 15 is 0 Å². The summed E-state index contributed by atoms with van der Waals surface area (Å²) in [5.41, 5.74) is 1.18. The normalized spacial score (nSPS) is 10.9. The zero-order valence-corrected chi connectivity index (χ0v) is 14.6. The smallest absolute Gasteiger partial charge is 0.374 e. The van der Waals surface area contributed by atoms with Gasteiger partial charge in [0, 0.05) is 22.7 Å². The molecular formula is C20H12ClNO5. The van der Waals surface area contributed by atoms with Gasteiger partial charge in [0.15, 0.2) is 11.2 Å². The molecule has 0 bridgehead atoms. The average Bonchev–Trinajstić information content (AvgIpc) is 3.16. The number of fused-ring (bicyclic) bond motifs is 1. The number of aromatic nitrogens is 1. The molecule has 2 aromatic heterocycles. The summed E-state index contributed by atoms with van der Waals surface area (Å²) in [5.74, 6) is -0.398. The van der Waals surface area contributed by atoms with E-state index in [-0.39, 0.29) is 23.4 Å². The molecule has 0 fully saturated rings. The van der Waals surface area contributed by atoms with Gasteiger partial charge in [-0.1, -0.05) is 47.1 Å². The van der Waals surface area contributed by atoms with Crippen LogP contribution in [0.3, 0.4) is 0 Å². The highest BCUT2D eigenvalue weighted by atomic mass is 35.5. The third-order valence-corrected chi connectivity index (χ3v) is 4.09. The minimum Gasteiger partial charge on any atom is -0.453 e. The molecule has 0 N–H and O–H groups in total. The number of carbonyl (C=O) groups excluding carboxylic acids is 1. The molecule has 7 heteroatoms. The van der Waals surface area contributed by atoms with Gasteiger partial charge in [0.1, 0.15) is 17.9 Å². The molecule has 27 heavy (non-hydrogen) atoms. The van der Waals surface area contributed by atoms with Gasteiger partial charge in [-0.2, -0.15) is 0 Å². The molecule has 0 saturated heterocycles. The molecule has 0 aliphatic rings. The van der Waals surface area contributed by atoms with Crippen molar-refractivity contribution in [3.8, 4) is 11.3 Å². The number of hydrogen-bond donors (Lipinski definition) is 0. The first-order chi connectivity index (χ1) is 13.1. The molecule has 4 rings (SSSR count). The molecule has 134 valence electrons. The highest BCUT2D eigenvalue weighted by Crippen LogP contribution is 2.21. The molecule has 6 nitrogen and oxygen atoms in total. The van der Waals surface area contributed by atoms with E-state index in [1.165, 1.54) is 12.1 Å². The second kappa shape index (κ2) is 7.09. The van der Waals surface area contributed by atoms with Crippen LogP contribution in [-0.2, 0) is 11.3 Å². The van der Waals surface area contributed by atoms with E-state index in [1.807, 2.05) is 30.3 Å². The summed E-state index contributed by atoms with van der Waals surface area (Å²) in [6, 6.07) is 16.8. The third-order valence-electron chi connectivity index (χ3n) is 3.86. The molecule has 0 spiro atoms. The fraction of sp³-hybridized carbons (Fsp3) is 0.0500. The van der Waals surface area contributed by atoms with Crippen molar-refractivity contribution in [3.05, 3.63) is 87.4 Å². The fourth-order valence-electron chi connectivity index (χ4n) is 2.56. The number of rotatable bonds is 4. The number of esters is 1. The largest absolute Gasteiger partial charge is 0.453 e. The number of halogens is 1. The lowest BCUT2D eigenvalue weighted by molar-refractivity contribution is 0.0428. The van der Waals surface area contributed by atoms with E-state index in [2.05, 4.69) is 5.16 Å². The van der Waals surface area contributed by atoms with Crippen LogP contribution in [-0.4, -0.2) is 11.1 Å². The van der Waals surface area contributed by atoms with Gasteiger partial charge in [0.2, 0.25) is 5.76 Å². The Kier molecular flexibility index (Phi) is 4.48. The second-order valence-corrected chi connectivity index (χ2v) is 6.18. The van der Waals surface area contributed by atoms with E-state index in [9.17, 15) is 9.59 Å². The molecule has 0 saturated carbocycles. The lowest BCUT2D eigenvalue weighted by Gasteiger charge is -2.03. The molecule has 0 radical (unpaired) electrons. The monoisotopic (exact) mass is 381 g/mol. The summed E-state index contributed by atoms with van der Waals surface area (Å²) in [6.07, 6.45) is 0. The van der Waals surface area contributed by atoms with Crippen molar-refractivity contribution < 1.29 is 18.5 Å². The maximum absolute atomic E-state index is 12.2. The Morgan fingerprint density at radius 1 is 1.07 bits per heavy atom. The Morgan fingerprint density at radius 3 is 2.70 bits per heavy atom.